The van der Waals surface area contributed by atoms with Crippen LogP contribution in [0.2, 0.25) is 0 Å². The van der Waals surface area contributed by atoms with E-state index in [-0.39, 0.29) is 0 Å². The van der Waals surface area contributed by atoms with Gasteiger partial charge in [0.25, 0.3) is 0 Å². The number of nitrogens with zero attached hydrogens (tertiary/aromatic N) is 7. The van der Waals surface area contributed by atoms with E-state index < -0.39 is 0 Å². The zero-order valence-corrected chi connectivity index (χ0v) is 13.7. The molecule has 24 heavy (non-hydrogen) atoms. The largest absolute Gasteiger partial charge is 0.366 e. The predicted molar refractivity (Wildman–Crippen MR) is 92.2 cm³/mol. The van der Waals surface area contributed by atoms with Crippen molar-refractivity contribution in [2.24, 2.45) is 0 Å². The van der Waals surface area contributed by atoms with E-state index in [1.807, 2.05) is 6.07 Å². The van der Waals surface area contributed by atoms with Gasteiger partial charge in [-0.3, -0.25) is 0 Å². The fourth-order valence-electron chi connectivity index (χ4n) is 3.34. The summed E-state index contributed by atoms with van der Waals surface area (Å²) < 4.78 is 0. The summed E-state index contributed by atoms with van der Waals surface area (Å²) in [6.45, 7) is 3.39. The van der Waals surface area contributed by atoms with Gasteiger partial charge in [-0.2, -0.15) is 10.1 Å². The molecule has 2 fully saturated rings. The summed E-state index contributed by atoms with van der Waals surface area (Å²) in [5.41, 5.74) is 0. The number of aromatic nitrogens is 5. The molecule has 2 aromatic rings. The van der Waals surface area contributed by atoms with Gasteiger partial charge in [-0.25, -0.2) is 9.97 Å². The SMILES string of the molecule is c1cnc(N2CCN(c3nncc(NC4CCCC4)n3)CC2)nc1. The zero-order valence-electron chi connectivity index (χ0n) is 13.7. The smallest absolute Gasteiger partial charge is 0.247 e. The molecule has 1 N–H and O–H groups in total. The van der Waals surface area contributed by atoms with Crippen LogP contribution in [0.25, 0.3) is 0 Å². The maximum atomic E-state index is 4.65. The van der Waals surface area contributed by atoms with E-state index in [0.29, 0.717) is 12.0 Å². The van der Waals surface area contributed by atoms with Crippen molar-refractivity contribution in [3.8, 4) is 0 Å². The Kier molecular flexibility index (Phi) is 4.35. The van der Waals surface area contributed by atoms with Gasteiger partial charge in [-0.15, -0.1) is 5.10 Å². The standard InChI is InChI=1S/C16H22N8/c1-2-5-13(4-1)20-14-12-19-22-16(21-14)24-10-8-23(9-11-24)15-17-6-3-7-18-15/h3,6-7,12-13H,1-2,4-5,8-11H2,(H,20,21,22). The molecule has 1 aliphatic heterocycles. The minimum atomic E-state index is 0.529. The predicted octanol–water partition coefficient (Wildman–Crippen LogP) is 1.34. The molecule has 0 aromatic carbocycles. The van der Waals surface area contributed by atoms with Gasteiger partial charge in [-0.05, 0) is 18.9 Å². The summed E-state index contributed by atoms with van der Waals surface area (Å²) in [7, 11) is 0. The van der Waals surface area contributed by atoms with Gasteiger partial charge in [0.15, 0.2) is 5.82 Å². The molecule has 0 unspecified atom stereocenters. The fourth-order valence-corrected chi connectivity index (χ4v) is 3.34. The Bertz CT molecular complexity index is 650. The quantitative estimate of drug-likeness (QED) is 0.901. The second-order valence-corrected chi connectivity index (χ2v) is 6.29. The highest BCUT2D eigenvalue weighted by atomic mass is 15.4. The number of piperazine rings is 1. The van der Waals surface area contributed by atoms with Gasteiger partial charge in [0.1, 0.15) is 0 Å². The second kappa shape index (κ2) is 6.94. The first-order chi connectivity index (χ1) is 11.9. The molecule has 0 atom stereocenters. The summed E-state index contributed by atoms with van der Waals surface area (Å²) >= 11 is 0. The molecule has 8 heteroatoms. The van der Waals surface area contributed by atoms with Crippen LogP contribution in [0.3, 0.4) is 0 Å². The molecule has 0 bridgehead atoms. The van der Waals surface area contributed by atoms with E-state index in [1.54, 1.807) is 18.6 Å². The highest BCUT2D eigenvalue weighted by Gasteiger charge is 2.22. The van der Waals surface area contributed by atoms with E-state index in [4.69, 9.17) is 0 Å². The molecule has 1 saturated carbocycles. The minimum Gasteiger partial charge on any atom is -0.366 e. The topological polar surface area (TPSA) is 83.0 Å². The molecule has 3 heterocycles. The van der Waals surface area contributed by atoms with Gasteiger partial charge in [0.2, 0.25) is 11.9 Å². The lowest BCUT2D eigenvalue weighted by atomic mass is 10.2. The highest BCUT2D eigenvalue weighted by Crippen LogP contribution is 2.22. The van der Waals surface area contributed by atoms with Crippen molar-refractivity contribution in [2.75, 3.05) is 41.3 Å². The number of nitrogens with one attached hydrogen (secondary N) is 1. The van der Waals surface area contributed by atoms with Gasteiger partial charge in [0, 0.05) is 44.6 Å². The van der Waals surface area contributed by atoms with Crippen molar-refractivity contribution in [2.45, 2.75) is 31.7 Å². The Hall–Kier alpha value is -2.51. The number of rotatable bonds is 4. The van der Waals surface area contributed by atoms with E-state index >= 15 is 0 Å². The second-order valence-electron chi connectivity index (χ2n) is 6.29. The van der Waals surface area contributed by atoms with Crippen molar-refractivity contribution in [1.29, 1.82) is 0 Å². The molecule has 4 rings (SSSR count). The van der Waals surface area contributed by atoms with Crippen molar-refractivity contribution >= 4 is 17.7 Å². The van der Waals surface area contributed by atoms with Crippen LogP contribution in [0, 0.1) is 0 Å². The van der Waals surface area contributed by atoms with E-state index in [1.165, 1.54) is 25.7 Å². The summed E-state index contributed by atoms with van der Waals surface area (Å²) in [4.78, 5) is 17.6. The van der Waals surface area contributed by atoms with Crippen molar-refractivity contribution in [3.63, 3.8) is 0 Å². The van der Waals surface area contributed by atoms with E-state index in [9.17, 15) is 0 Å². The number of anilines is 3. The molecule has 0 amide bonds. The van der Waals surface area contributed by atoms with Crippen LogP contribution in [-0.2, 0) is 0 Å². The molecule has 2 aliphatic rings. The van der Waals surface area contributed by atoms with Crippen LogP contribution >= 0.6 is 0 Å². The number of hydrogen-bond donors (Lipinski definition) is 1. The molecule has 126 valence electrons. The molecule has 2 aromatic heterocycles. The molecule has 0 radical (unpaired) electrons. The monoisotopic (exact) mass is 326 g/mol. The lowest BCUT2D eigenvalue weighted by Gasteiger charge is -2.34. The van der Waals surface area contributed by atoms with Crippen LogP contribution in [0.4, 0.5) is 17.7 Å². The highest BCUT2D eigenvalue weighted by molar-refractivity contribution is 5.42. The zero-order chi connectivity index (χ0) is 16.2. The Morgan fingerprint density at radius 1 is 0.917 bits per heavy atom. The summed E-state index contributed by atoms with van der Waals surface area (Å²) in [6, 6.07) is 2.36. The molecule has 1 aliphatic carbocycles. The van der Waals surface area contributed by atoms with Crippen molar-refractivity contribution < 1.29 is 0 Å². The normalized spacial score (nSPS) is 18.8. The average Bonchev–Trinajstić information content (AvgIpc) is 3.16. The van der Waals surface area contributed by atoms with Crippen molar-refractivity contribution in [1.82, 2.24) is 25.1 Å². The minimum absolute atomic E-state index is 0.529. The lowest BCUT2D eigenvalue weighted by Crippen LogP contribution is -2.47. The average molecular weight is 326 g/mol. The molecular weight excluding hydrogens is 304 g/mol. The Balaban J connectivity index is 1.38. The van der Waals surface area contributed by atoms with Crippen molar-refractivity contribution in [3.05, 3.63) is 24.7 Å². The maximum absolute atomic E-state index is 4.65. The molecule has 0 spiro atoms. The third-order valence-corrected chi connectivity index (χ3v) is 4.65. The van der Waals surface area contributed by atoms with E-state index in [0.717, 1.165) is 37.9 Å². The summed E-state index contributed by atoms with van der Waals surface area (Å²) in [5, 5.41) is 11.8. The lowest BCUT2D eigenvalue weighted by molar-refractivity contribution is 0.623. The first kappa shape index (κ1) is 15.0. The number of hydrogen-bond acceptors (Lipinski definition) is 8. The Labute approximate surface area is 141 Å². The molecular formula is C16H22N8. The Morgan fingerprint density at radius 2 is 1.58 bits per heavy atom. The first-order valence-electron chi connectivity index (χ1n) is 8.62. The summed E-state index contributed by atoms with van der Waals surface area (Å²) in [6.07, 6.45) is 10.3. The molecule has 8 nitrogen and oxygen atoms in total. The summed E-state index contributed by atoms with van der Waals surface area (Å²) in [5.74, 6) is 2.32. The third-order valence-electron chi connectivity index (χ3n) is 4.65. The van der Waals surface area contributed by atoms with Crippen LogP contribution < -0.4 is 15.1 Å². The fraction of sp³-hybridized carbons (Fsp3) is 0.562. The maximum Gasteiger partial charge on any atom is 0.247 e. The van der Waals surface area contributed by atoms with Crippen LogP contribution in [0.15, 0.2) is 24.7 Å². The van der Waals surface area contributed by atoms with Crippen LogP contribution in [0.1, 0.15) is 25.7 Å². The van der Waals surface area contributed by atoms with Gasteiger partial charge >= 0.3 is 0 Å². The van der Waals surface area contributed by atoms with Gasteiger partial charge < -0.3 is 15.1 Å². The van der Waals surface area contributed by atoms with E-state index in [2.05, 4.69) is 40.3 Å². The van der Waals surface area contributed by atoms with Crippen LogP contribution in [0.5, 0.6) is 0 Å². The molecule has 1 saturated heterocycles. The first-order valence-corrected chi connectivity index (χ1v) is 8.62. The Morgan fingerprint density at radius 3 is 2.29 bits per heavy atom. The third kappa shape index (κ3) is 3.37. The van der Waals surface area contributed by atoms with Gasteiger partial charge in [-0.1, -0.05) is 12.8 Å². The van der Waals surface area contributed by atoms with Crippen LogP contribution in [-0.4, -0.2) is 57.4 Å². The van der Waals surface area contributed by atoms with Gasteiger partial charge in [0.05, 0.1) is 6.20 Å².